The highest BCUT2D eigenvalue weighted by Crippen LogP contribution is 2.30. The molecule has 0 unspecified atom stereocenters. The third-order valence-electron chi connectivity index (χ3n) is 1.99. The normalized spacial score (nSPS) is 10.9. The molecule has 102 valence electrons. The van der Waals surface area contributed by atoms with E-state index in [0.29, 0.717) is 0 Å². The largest absolute Gasteiger partial charge is 0.491 e. The average molecular weight is 277 g/mol. The first-order valence-corrected chi connectivity index (χ1v) is 4.72. The van der Waals surface area contributed by atoms with Gasteiger partial charge in [0.2, 0.25) is 0 Å². The summed E-state index contributed by atoms with van der Waals surface area (Å²) in [5.41, 5.74) is -1.43. The van der Waals surface area contributed by atoms with Crippen molar-refractivity contribution in [3.8, 4) is 5.75 Å². The van der Waals surface area contributed by atoms with Gasteiger partial charge in [-0.2, -0.15) is 13.2 Å². The van der Waals surface area contributed by atoms with Crippen LogP contribution in [0, 0.1) is 10.1 Å². The summed E-state index contributed by atoms with van der Waals surface area (Å²) >= 11 is 0. The predicted octanol–water partition coefficient (Wildman–Crippen LogP) is 2.27. The Morgan fingerprint density at radius 2 is 1.89 bits per heavy atom. The molecular formula is C10H6F3NO5. The smallest absolute Gasteiger partial charge is 0.419 e. The number of carbonyl (C=O) groups is 2. The molecule has 1 aromatic carbocycles. The lowest BCUT2D eigenvalue weighted by atomic mass is 10.1. The molecule has 0 radical (unpaired) electrons. The molecule has 6 nitrogen and oxygen atoms in total. The van der Waals surface area contributed by atoms with Gasteiger partial charge in [0, 0.05) is 6.07 Å². The maximum absolute atomic E-state index is 12.0. The van der Waals surface area contributed by atoms with E-state index in [0.717, 1.165) is 25.1 Å². The molecular weight excluding hydrogens is 271 g/mol. The molecule has 0 aliphatic carbocycles. The molecule has 0 aromatic heterocycles. The summed E-state index contributed by atoms with van der Waals surface area (Å²) in [7, 11) is 0. The second kappa shape index (κ2) is 5.04. The van der Waals surface area contributed by atoms with Gasteiger partial charge in [0.05, 0.1) is 4.92 Å². The number of nitrogens with zero attached hydrogens (tertiary/aromatic N) is 1. The quantitative estimate of drug-likeness (QED) is 0.278. The molecule has 0 saturated carbocycles. The van der Waals surface area contributed by atoms with Gasteiger partial charge in [-0.25, -0.2) is 4.79 Å². The summed E-state index contributed by atoms with van der Waals surface area (Å²) in [4.78, 5) is 31.6. The van der Waals surface area contributed by atoms with Crippen LogP contribution in [0.5, 0.6) is 5.75 Å². The minimum atomic E-state index is -5.27. The van der Waals surface area contributed by atoms with Crippen LogP contribution in [-0.4, -0.2) is 22.9 Å². The van der Waals surface area contributed by atoms with Crippen LogP contribution in [0.1, 0.15) is 17.3 Å². The Balaban J connectivity index is 3.29. The van der Waals surface area contributed by atoms with Crippen LogP contribution in [0.25, 0.3) is 0 Å². The summed E-state index contributed by atoms with van der Waals surface area (Å²) in [6.07, 6.45) is -5.27. The van der Waals surface area contributed by atoms with E-state index in [9.17, 15) is 32.9 Å². The van der Waals surface area contributed by atoms with Gasteiger partial charge in [0.15, 0.2) is 5.78 Å². The zero-order chi connectivity index (χ0) is 14.8. The number of rotatable bonds is 3. The lowest BCUT2D eigenvalue weighted by Gasteiger charge is -2.09. The van der Waals surface area contributed by atoms with Gasteiger partial charge in [-0.15, -0.1) is 0 Å². The number of hydrogen-bond donors (Lipinski definition) is 0. The number of halogens is 3. The average Bonchev–Trinajstić information content (AvgIpc) is 2.26. The summed E-state index contributed by atoms with van der Waals surface area (Å²) in [6, 6.07) is 2.79. The van der Waals surface area contributed by atoms with Crippen LogP contribution < -0.4 is 4.74 Å². The monoisotopic (exact) mass is 277 g/mol. The Kier molecular flexibility index (Phi) is 3.88. The number of carbonyl (C=O) groups excluding carboxylic acids is 2. The van der Waals surface area contributed by atoms with Crippen molar-refractivity contribution in [1.29, 1.82) is 0 Å². The number of nitro benzene ring substituents is 1. The van der Waals surface area contributed by atoms with Crippen molar-refractivity contribution in [2.45, 2.75) is 13.1 Å². The van der Waals surface area contributed by atoms with E-state index in [1.807, 2.05) is 0 Å². The van der Waals surface area contributed by atoms with E-state index in [1.54, 1.807) is 0 Å². The molecule has 0 heterocycles. The van der Waals surface area contributed by atoms with E-state index >= 15 is 0 Å². The molecule has 1 rings (SSSR count). The summed E-state index contributed by atoms with van der Waals surface area (Å²) in [5.74, 6) is -4.25. The lowest BCUT2D eigenvalue weighted by molar-refractivity contribution is -0.385. The number of hydrogen-bond acceptors (Lipinski definition) is 5. The van der Waals surface area contributed by atoms with Gasteiger partial charge in [-0.1, -0.05) is 6.07 Å². The van der Waals surface area contributed by atoms with Crippen molar-refractivity contribution >= 4 is 17.4 Å². The zero-order valence-electron chi connectivity index (χ0n) is 9.35. The summed E-state index contributed by atoms with van der Waals surface area (Å²) in [6.45, 7) is 0.910. The highest BCUT2D eigenvalue weighted by molar-refractivity contribution is 6.01. The first kappa shape index (κ1) is 14.6. The third-order valence-corrected chi connectivity index (χ3v) is 1.99. The minimum absolute atomic E-state index is 0.690. The zero-order valence-corrected chi connectivity index (χ0v) is 9.35. The number of alkyl halides is 3. The molecule has 0 fully saturated rings. The Hall–Kier alpha value is -2.45. The third kappa shape index (κ3) is 3.27. The number of benzene rings is 1. The van der Waals surface area contributed by atoms with Crippen molar-refractivity contribution < 1.29 is 32.4 Å². The van der Waals surface area contributed by atoms with Gasteiger partial charge < -0.3 is 4.74 Å². The van der Waals surface area contributed by atoms with E-state index < -0.39 is 39.9 Å². The summed E-state index contributed by atoms with van der Waals surface area (Å²) in [5, 5.41) is 10.7. The van der Waals surface area contributed by atoms with Crippen LogP contribution in [0.15, 0.2) is 18.2 Å². The van der Waals surface area contributed by atoms with E-state index in [1.165, 1.54) is 0 Å². The fourth-order valence-corrected chi connectivity index (χ4v) is 1.27. The van der Waals surface area contributed by atoms with Crippen molar-refractivity contribution in [3.05, 3.63) is 33.9 Å². The van der Waals surface area contributed by atoms with Crippen molar-refractivity contribution in [2.75, 3.05) is 0 Å². The van der Waals surface area contributed by atoms with Gasteiger partial charge in [-0.05, 0) is 13.0 Å². The first-order valence-electron chi connectivity index (χ1n) is 4.72. The van der Waals surface area contributed by atoms with Gasteiger partial charge in [0.25, 0.3) is 5.69 Å². The maximum atomic E-state index is 12.0. The van der Waals surface area contributed by atoms with Crippen LogP contribution in [0.3, 0.4) is 0 Å². The van der Waals surface area contributed by atoms with E-state index in [4.69, 9.17) is 0 Å². The standard InChI is InChI=1S/C10H6F3NO5/c1-5(15)8-6(14(17)18)3-2-4-7(8)19-9(16)10(11,12)13/h2-4H,1H3. The van der Waals surface area contributed by atoms with Crippen molar-refractivity contribution in [3.63, 3.8) is 0 Å². The highest BCUT2D eigenvalue weighted by Gasteiger charge is 2.42. The van der Waals surface area contributed by atoms with Gasteiger partial charge in [-0.3, -0.25) is 14.9 Å². The molecule has 0 N–H and O–H groups in total. The van der Waals surface area contributed by atoms with Crippen LogP contribution >= 0.6 is 0 Å². The topological polar surface area (TPSA) is 86.5 Å². The number of nitro groups is 1. The number of ether oxygens (including phenoxy) is 1. The first-order chi connectivity index (χ1) is 8.64. The molecule has 0 spiro atoms. The number of ketones is 1. The highest BCUT2D eigenvalue weighted by atomic mass is 19.4. The molecule has 0 aliphatic heterocycles. The molecule has 19 heavy (non-hydrogen) atoms. The van der Waals surface area contributed by atoms with Crippen LogP contribution in [0.2, 0.25) is 0 Å². The Morgan fingerprint density at radius 3 is 2.32 bits per heavy atom. The molecule has 0 bridgehead atoms. The molecule has 0 atom stereocenters. The van der Waals surface area contributed by atoms with E-state index in [2.05, 4.69) is 4.74 Å². The fourth-order valence-electron chi connectivity index (χ4n) is 1.27. The summed E-state index contributed by atoms with van der Waals surface area (Å²) < 4.78 is 40.1. The fraction of sp³-hybridized carbons (Fsp3) is 0.200. The van der Waals surface area contributed by atoms with Crippen molar-refractivity contribution in [2.24, 2.45) is 0 Å². The molecule has 9 heteroatoms. The van der Waals surface area contributed by atoms with Crippen LogP contribution in [-0.2, 0) is 4.79 Å². The van der Waals surface area contributed by atoms with Gasteiger partial charge in [0.1, 0.15) is 11.3 Å². The Bertz CT molecular complexity index is 553. The second-order valence-electron chi connectivity index (χ2n) is 3.35. The molecule has 1 aromatic rings. The SMILES string of the molecule is CC(=O)c1c(OC(=O)C(F)(F)F)cccc1[N+](=O)[O-]. The Morgan fingerprint density at radius 1 is 1.32 bits per heavy atom. The minimum Gasteiger partial charge on any atom is -0.419 e. The maximum Gasteiger partial charge on any atom is 0.491 e. The molecule has 0 amide bonds. The lowest BCUT2D eigenvalue weighted by Crippen LogP contribution is -2.28. The number of Topliss-reactive ketones (excluding diaryl/α,β-unsaturated/α-hetero) is 1. The van der Waals surface area contributed by atoms with E-state index in [-0.39, 0.29) is 0 Å². The molecule has 0 saturated heterocycles. The predicted molar refractivity (Wildman–Crippen MR) is 54.8 cm³/mol. The molecule has 0 aliphatic rings. The number of esters is 1. The van der Waals surface area contributed by atoms with Crippen molar-refractivity contribution in [1.82, 2.24) is 0 Å². The second-order valence-corrected chi connectivity index (χ2v) is 3.35. The van der Waals surface area contributed by atoms with Crippen LogP contribution in [0.4, 0.5) is 18.9 Å². The Labute approximate surface area is 103 Å². The van der Waals surface area contributed by atoms with Gasteiger partial charge >= 0.3 is 12.1 Å².